The van der Waals surface area contributed by atoms with Gasteiger partial charge in [0, 0.05) is 6.20 Å². The van der Waals surface area contributed by atoms with Crippen LogP contribution >= 0.6 is 0 Å². The highest BCUT2D eigenvalue weighted by Gasteiger charge is 2.34. The highest BCUT2D eigenvalue weighted by Crippen LogP contribution is 2.29. The third-order valence-electron chi connectivity index (χ3n) is 1.70. The van der Waals surface area contributed by atoms with Crippen LogP contribution in [0.1, 0.15) is 5.56 Å². The van der Waals surface area contributed by atoms with Gasteiger partial charge in [0.05, 0.1) is 11.5 Å². The number of pyridine rings is 1. The van der Waals surface area contributed by atoms with E-state index in [4.69, 9.17) is 5.11 Å². The van der Waals surface area contributed by atoms with Crippen molar-refractivity contribution < 1.29 is 27.9 Å². The van der Waals surface area contributed by atoms with Crippen LogP contribution in [0.4, 0.5) is 18.9 Å². The Balaban J connectivity index is 3.39. The van der Waals surface area contributed by atoms with Gasteiger partial charge in [-0.3, -0.25) is 14.9 Å². The van der Waals surface area contributed by atoms with Crippen LogP contribution in [0.15, 0.2) is 11.0 Å². The second kappa shape index (κ2) is 4.41. The van der Waals surface area contributed by atoms with Crippen molar-refractivity contribution in [3.05, 3.63) is 32.2 Å². The number of ether oxygens (including phenoxy) is 1. The standard InChI is InChI=1S/C7H5F3N2O5/c8-7(9,10)17-4-1-11-6(14)5(12(15)16)3(4)2-13/h1,13H,2H2,(H,11,14). The average Bonchev–Trinajstić information content (AvgIpc) is 2.17. The summed E-state index contributed by atoms with van der Waals surface area (Å²) in [7, 11) is 0. The average molecular weight is 254 g/mol. The Hall–Kier alpha value is -2.10. The van der Waals surface area contributed by atoms with Crippen LogP contribution in [0.25, 0.3) is 0 Å². The molecule has 1 aromatic rings. The molecule has 0 aromatic carbocycles. The molecule has 0 spiro atoms. The van der Waals surface area contributed by atoms with E-state index in [9.17, 15) is 28.1 Å². The molecule has 94 valence electrons. The summed E-state index contributed by atoms with van der Waals surface area (Å²) in [5.74, 6) is -1.02. The molecule has 10 heteroatoms. The minimum Gasteiger partial charge on any atom is -0.404 e. The topological polar surface area (TPSA) is 105 Å². The first-order chi connectivity index (χ1) is 7.76. The fourth-order valence-corrected chi connectivity index (χ4v) is 1.10. The molecular formula is C7H5F3N2O5. The summed E-state index contributed by atoms with van der Waals surface area (Å²) in [4.78, 5) is 22.0. The first-order valence-electron chi connectivity index (χ1n) is 4.02. The second-order valence-electron chi connectivity index (χ2n) is 2.77. The van der Waals surface area contributed by atoms with Gasteiger partial charge in [0.15, 0.2) is 5.75 Å². The van der Waals surface area contributed by atoms with E-state index >= 15 is 0 Å². The summed E-state index contributed by atoms with van der Waals surface area (Å²) >= 11 is 0. The Bertz CT molecular complexity index is 495. The molecule has 0 amide bonds. The largest absolute Gasteiger partial charge is 0.573 e. The number of aliphatic hydroxyl groups is 1. The number of alkyl halides is 3. The summed E-state index contributed by atoms with van der Waals surface area (Å²) in [5.41, 5.74) is -3.25. The summed E-state index contributed by atoms with van der Waals surface area (Å²) in [6.07, 6.45) is -4.59. The number of nitrogens with one attached hydrogen (secondary N) is 1. The van der Waals surface area contributed by atoms with Crippen LogP contribution in [-0.2, 0) is 6.61 Å². The van der Waals surface area contributed by atoms with Crippen LogP contribution in [-0.4, -0.2) is 21.4 Å². The summed E-state index contributed by atoms with van der Waals surface area (Å²) in [6.45, 7) is -1.13. The van der Waals surface area contributed by atoms with E-state index in [1.54, 1.807) is 4.98 Å². The number of hydrogen-bond donors (Lipinski definition) is 2. The zero-order valence-electron chi connectivity index (χ0n) is 7.95. The van der Waals surface area contributed by atoms with Gasteiger partial charge in [-0.05, 0) is 0 Å². The smallest absolute Gasteiger partial charge is 0.404 e. The molecule has 0 unspecified atom stereocenters. The first kappa shape index (κ1) is 13.0. The molecule has 0 aliphatic heterocycles. The molecule has 0 saturated carbocycles. The fourth-order valence-electron chi connectivity index (χ4n) is 1.10. The molecule has 0 atom stereocenters. The minimum absolute atomic E-state index is 0.494. The van der Waals surface area contributed by atoms with Gasteiger partial charge in [-0.25, -0.2) is 0 Å². The molecule has 0 aliphatic carbocycles. The second-order valence-corrected chi connectivity index (χ2v) is 2.77. The van der Waals surface area contributed by atoms with Gasteiger partial charge in [-0.2, -0.15) is 0 Å². The van der Waals surface area contributed by atoms with Gasteiger partial charge in [0.2, 0.25) is 0 Å². The molecule has 1 aromatic heterocycles. The summed E-state index contributed by atoms with van der Waals surface area (Å²) in [5, 5.41) is 19.2. The maximum absolute atomic E-state index is 11.9. The molecule has 0 aliphatic rings. The molecule has 0 bridgehead atoms. The third kappa shape index (κ3) is 2.93. The lowest BCUT2D eigenvalue weighted by Crippen LogP contribution is -2.21. The number of nitrogens with zero attached hydrogens (tertiary/aromatic N) is 1. The number of hydrogen-bond acceptors (Lipinski definition) is 5. The van der Waals surface area contributed by atoms with Gasteiger partial charge in [0.25, 0.3) is 0 Å². The highest BCUT2D eigenvalue weighted by molar-refractivity contribution is 5.46. The van der Waals surface area contributed by atoms with E-state index < -0.39 is 40.5 Å². The van der Waals surface area contributed by atoms with E-state index in [1.807, 2.05) is 0 Å². The molecule has 1 heterocycles. The lowest BCUT2D eigenvalue weighted by molar-refractivity contribution is -0.387. The van der Waals surface area contributed by atoms with E-state index in [1.165, 1.54) is 0 Å². The zero-order valence-corrected chi connectivity index (χ0v) is 7.95. The van der Waals surface area contributed by atoms with E-state index in [0.29, 0.717) is 6.20 Å². The lowest BCUT2D eigenvalue weighted by atomic mass is 10.2. The van der Waals surface area contributed by atoms with Gasteiger partial charge in [-0.1, -0.05) is 0 Å². The highest BCUT2D eigenvalue weighted by atomic mass is 19.4. The molecule has 0 radical (unpaired) electrons. The monoisotopic (exact) mass is 254 g/mol. The lowest BCUT2D eigenvalue weighted by Gasteiger charge is -2.11. The number of aliphatic hydroxyl groups excluding tert-OH is 1. The van der Waals surface area contributed by atoms with Crippen molar-refractivity contribution in [3.63, 3.8) is 0 Å². The Morgan fingerprint density at radius 2 is 2.12 bits per heavy atom. The van der Waals surface area contributed by atoms with Crippen LogP contribution in [0.5, 0.6) is 5.75 Å². The molecule has 2 N–H and O–H groups in total. The number of aromatic amines is 1. The van der Waals surface area contributed by atoms with Gasteiger partial charge >= 0.3 is 17.6 Å². The fraction of sp³-hybridized carbons (Fsp3) is 0.286. The Morgan fingerprint density at radius 3 is 2.53 bits per heavy atom. The first-order valence-corrected chi connectivity index (χ1v) is 4.02. The van der Waals surface area contributed by atoms with Gasteiger partial charge in [-0.15, -0.1) is 13.2 Å². The van der Waals surface area contributed by atoms with Gasteiger partial charge < -0.3 is 14.8 Å². The molecule has 7 nitrogen and oxygen atoms in total. The van der Waals surface area contributed by atoms with Crippen molar-refractivity contribution in [2.75, 3.05) is 0 Å². The summed E-state index contributed by atoms with van der Waals surface area (Å²) < 4.78 is 39.2. The van der Waals surface area contributed by atoms with E-state index in [0.717, 1.165) is 0 Å². The quantitative estimate of drug-likeness (QED) is 0.609. The van der Waals surface area contributed by atoms with Crippen LogP contribution < -0.4 is 10.3 Å². The van der Waals surface area contributed by atoms with Crippen molar-refractivity contribution in [1.29, 1.82) is 0 Å². The summed E-state index contributed by atoms with van der Waals surface area (Å²) in [6, 6.07) is 0. The van der Waals surface area contributed by atoms with Crippen molar-refractivity contribution in [2.45, 2.75) is 13.0 Å². The Kier molecular flexibility index (Phi) is 3.36. The molecular weight excluding hydrogens is 249 g/mol. The Labute approximate surface area is 90.6 Å². The maximum atomic E-state index is 11.9. The third-order valence-corrected chi connectivity index (χ3v) is 1.70. The number of nitro groups is 1. The molecule has 0 fully saturated rings. The number of halogens is 3. The predicted octanol–water partition coefficient (Wildman–Crippen LogP) is 0.674. The molecule has 1 rings (SSSR count). The minimum atomic E-state index is -5.09. The van der Waals surface area contributed by atoms with Gasteiger partial charge in [0.1, 0.15) is 5.56 Å². The predicted molar refractivity (Wildman–Crippen MR) is 46.3 cm³/mol. The van der Waals surface area contributed by atoms with Crippen molar-refractivity contribution in [2.24, 2.45) is 0 Å². The maximum Gasteiger partial charge on any atom is 0.573 e. The van der Waals surface area contributed by atoms with E-state index in [2.05, 4.69) is 4.74 Å². The van der Waals surface area contributed by atoms with Crippen LogP contribution in [0, 0.1) is 10.1 Å². The van der Waals surface area contributed by atoms with E-state index in [-0.39, 0.29) is 0 Å². The van der Waals surface area contributed by atoms with Crippen molar-refractivity contribution in [3.8, 4) is 5.75 Å². The van der Waals surface area contributed by atoms with Crippen molar-refractivity contribution in [1.82, 2.24) is 4.98 Å². The number of rotatable bonds is 3. The molecule has 17 heavy (non-hydrogen) atoms. The van der Waals surface area contributed by atoms with Crippen LogP contribution in [0.3, 0.4) is 0 Å². The normalized spacial score (nSPS) is 11.3. The SMILES string of the molecule is O=c1[nH]cc(OC(F)(F)F)c(CO)c1[N+](=O)[O-]. The number of aromatic nitrogens is 1. The molecule has 0 saturated heterocycles. The zero-order chi connectivity index (χ0) is 13.2. The Morgan fingerprint density at radius 1 is 1.53 bits per heavy atom. The van der Waals surface area contributed by atoms with Crippen LogP contribution in [0.2, 0.25) is 0 Å². The van der Waals surface area contributed by atoms with Crippen molar-refractivity contribution >= 4 is 5.69 Å². The number of H-pyrrole nitrogens is 1.